The first kappa shape index (κ1) is 22.0. The van der Waals surface area contributed by atoms with E-state index < -0.39 is 0 Å². The van der Waals surface area contributed by atoms with Crippen molar-refractivity contribution in [2.24, 2.45) is 0 Å². The average Bonchev–Trinajstić information content (AvgIpc) is 3.03. The van der Waals surface area contributed by atoms with E-state index >= 15 is 0 Å². The molecule has 1 unspecified atom stereocenters. The zero-order valence-electron chi connectivity index (χ0n) is 18.5. The fraction of sp³-hybridized carbons (Fsp3) is 0.286. The minimum atomic E-state index is -0.0526. The van der Waals surface area contributed by atoms with E-state index in [0.29, 0.717) is 12.5 Å². The molecule has 0 saturated carbocycles. The molecule has 0 radical (unpaired) electrons. The topological polar surface area (TPSA) is 45.2 Å². The molecule has 3 aromatic rings. The third-order valence-corrected chi connectivity index (χ3v) is 6.08. The number of amides is 1. The highest BCUT2D eigenvalue weighted by Crippen LogP contribution is 2.31. The van der Waals surface area contributed by atoms with Crippen LogP contribution in [0, 0.1) is 0 Å². The highest BCUT2D eigenvalue weighted by Gasteiger charge is 2.23. The molecule has 0 saturated heterocycles. The quantitative estimate of drug-likeness (QED) is 0.421. The van der Waals surface area contributed by atoms with E-state index in [4.69, 9.17) is 0 Å². The van der Waals surface area contributed by atoms with E-state index in [-0.39, 0.29) is 5.91 Å². The van der Waals surface area contributed by atoms with Gasteiger partial charge in [-0.25, -0.2) is 0 Å². The summed E-state index contributed by atoms with van der Waals surface area (Å²) >= 11 is 0. The Kier molecular flexibility index (Phi) is 7.83. The normalized spacial score (nSPS) is 16.4. The molecular formula is C28H31N3O. The van der Waals surface area contributed by atoms with Crippen molar-refractivity contribution in [2.75, 3.05) is 26.2 Å². The molecule has 1 aromatic heterocycles. The number of hydrogen-bond acceptors (Lipinski definition) is 3. The fourth-order valence-corrected chi connectivity index (χ4v) is 4.38. The molecule has 4 heteroatoms. The lowest BCUT2D eigenvalue weighted by Crippen LogP contribution is -2.30. The molecule has 1 amide bonds. The summed E-state index contributed by atoms with van der Waals surface area (Å²) in [6, 6.07) is 23.5. The molecule has 2 aromatic carbocycles. The number of hydrogen-bond donors (Lipinski definition) is 1. The Labute approximate surface area is 191 Å². The minimum Gasteiger partial charge on any atom is -0.353 e. The molecule has 4 rings (SSSR count). The molecule has 164 valence electrons. The molecule has 0 fully saturated rings. The van der Waals surface area contributed by atoms with E-state index in [9.17, 15) is 4.79 Å². The second-order valence-electron chi connectivity index (χ2n) is 8.33. The standard InChI is InChI=1S/C28H31N3O/c32-28(15-14-23-9-8-17-29-21-23)30-18-6-7-19-31-20-16-25-12-4-5-13-26(25)27(22-31)24-10-2-1-3-11-24/h1-5,8-15,17,21,27H,6-7,16,18-20,22H2,(H,30,32)/b15-14-. The Morgan fingerprint density at radius 3 is 2.72 bits per heavy atom. The highest BCUT2D eigenvalue weighted by atomic mass is 16.1. The Bertz CT molecular complexity index is 1020. The van der Waals surface area contributed by atoms with Crippen LogP contribution in [0.3, 0.4) is 0 Å². The SMILES string of the molecule is O=C(/C=C\c1cccnc1)NCCCCN1CCc2ccccc2C(c2ccccc2)C1. The summed E-state index contributed by atoms with van der Waals surface area (Å²) < 4.78 is 0. The number of rotatable bonds is 8. The van der Waals surface area contributed by atoms with Gasteiger partial charge in [-0.2, -0.15) is 0 Å². The molecule has 1 aliphatic heterocycles. The molecule has 1 N–H and O–H groups in total. The van der Waals surface area contributed by atoms with Crippen LogP contribution in [-0.2, 0) is 11.2 Å². The molecule has 2 heterocycles. The monoisotopic (exact) mass is 425 g/mol. The lowest BCUT2D eigenvalue weighted by molar-refractivity contribution is -0.116. The zero-order chi connectivity index (χ0) is 22.0. The lowest BCUT2D eigenvalue weighted by Gasteiger charge is -2.25. The van der Waals surface area contributed by atoms with Crippen molar-refractivity contribution in [3.8, 4) is 0 Å². The summed E-state index contributed by atoms with van der Waals surface area (Å²) in [7, 11) is 0. The van der Waals surface area contributed by atoms with Gasteiger partial charge in [-0.05, 0) is 60.2 Å². The number of nitrogens with one attached hydrogen (secondary N) is 1. The van der Waals surface area contributed by atoms with Gasteiger partial charge in [-0.3, -0.25) is 9.78 Å². The largest absolute Gasteiger partial charge is 0.353 e. The number of carbonyl (C=O) groups is 1. The summed E-state index contributed by atoms with van der Waals surface area (Å²) in [5, 5.41) is 2.99. The van der Waals surface area contributed by atoms with Crippen molar-refractivity contribution in [1.82, 2.24) is 15.2 Å². The number of pyridine rings is 1. The highest BCUT2D eigenvalue weighted by molar-refractivity contribution is 5.91. The fourth-order valence-electron chi connectivity index (χ4n) is 4.38. The third-order valence-electron chi connectivity index (χ3n) is 6.08. The van der Waals surface area contributed by atoms with Gasteiger partial charge in [0.25, 0.3) is 0 Å². The molecule has 0 bridgehead atoms. The van der Waals surface area contributed by atoms with Crippen LogP contribution in [0.2, 0.25) is 0 Å². The summed E-state index contributed by atoms with van der Waals surface area (Å²) in [6.07, 6.45) is 9.98. The molecule has 32 heavy (non-hydrogen) atoms. The van der Waals surface area contributed by atoms with Crippen LogP contribution in [0.1, 0.15) is 41.0 Å². The third kappa shape index (κ3) is 6.14. The van der Waals surface area contributed by atoms with E-state index in [1.54, 1.807) is 24.5 Å². The summed E-state index contributed by atoms with van der Waals surface area (Å²) in [6.45, 7) is 3.88. The maximum atomic E-state index is 12.0. The molecule has 1 aliphatic rings. The number of benzene rings is 2. The number of carbonyl (C=O) groups excluding carboxylic acids is 1. The van der Waals surface area contributed by atoms with Gasteiger partial charge in [0, 0.05) is 44.0 Å². The molecule has 4 nitrogen and oxygen atoms in total. The minimum absolute atomic E-state index is 0.0526. The van der Waals surface area contributed by atoms with E-state index in [1.165, 1.54) is 16.7 Å². The Morgan fingerprint density at radius 2 is 1.88 bits per heavy atom. The van der Waals surface area contributed by atoms with Crippen molar-refractivity contribution >= 4 is 12.0 Å². The zero-order valence-corrected chi connectivity index (χ0v) is 18.5. The molecule has 0 aliphatic carbocycles. The molecule has 0 spiro atoms. The van der Waals surface area contributed by atoms with Crippen LogP contribution < -0.4 is 5.32 Å². The van der Waals surface area contributed by atoms with Gasteiger partial charge in [0.1, 0.15) is 0 Å². The van der Waals surface area contributed by atoms with Gasteiger partial charge < -0.3 is 10.2 Å². The van der Waals surface area contributed by atoms with Crippen molar-refractivity contribution in [2.45, 2.75) is 25.2 Å². The number of aromatic nitrogens is 1. The number of unbranched alkanes of at least 4 members (excludes halogenated alkanes) is 1. The summed E-state index contributed by atoms with van der Waals surface area (Å²) in [5.74, 6) is 0.357. The Hall–Kier alpha value is -3.24. The van der Waals surface area contributed by atoms with Gasteiger partial charge in [0.05, 0.1) is 0 Å². The van der Waals surface area contributed by atoms with Gasteiger partial charge in [0.2, 0.25) is 5.91 Å². The average molecular weight is 426 g/mol. The summed E-state index contributed by atoms with van der Waals surface area (Å²) in [5.41, 5.74) is 5.25. The first-order chi connectivity index (χ1) is 15.8. The van der Waals surface area contributed by atoms with Gasteiger partial charge in [-0.15, -0.1) is 0 Å². The van der Waals surface area contributed by atoms with Crippen LogP contribution in [0.5, 0.6) is 0 Å². The smallest absolute Gasteiger partial charge is 0.243 e. The summed E-state index contributed by atoms with van der Waals surface area (Å²) in [4.78, 5) is 18.7. The second-order valence-corrected chi connectivity index (χ2v) is 8.33. The second kappa shape index (κ2) is 11.4. The van der Waals surface area contributed by atoms with Gasteiger partial charge in [0.15, 0.2) is 0 Å². The van der Waals surface area contributed by atoms with Crippen molar-refractivity contribution in [3.63, 3.8) is 0 Å². The maximum absolute atomic E-state index is 12.0. The predicted octanol–water partition coefficient (Wildman–Crippen LogP) is 4.68. The van der Waals surface area contributed by atoms with Crippen LogP contribution in [-0.4, -0.2) is 42.0 Å². The number of nitrogens with zero attached hydrogens (tertiary/aromatic N) is 2. The van der Waals surface area contributed by atoms with E-state index in [1.807, 2.05) is 12.1 Å². The first-order valence-corrected chi connectivity index (χ1v) is 11.5. The lowest BCUT2D eigenvalue weighted by atomic mass is 9.88. The van der Waals surface area contributed by atoms with E-state index in [0.717, 1.165) is 44.5 Å². The Morgan fingerprint density at radius 1 is 1.03 bits per heavy atom. The molecular weight excluding hydrogens is 394 g/mol. The maximum Gasteiger partial charge on any atom is 0.243 e. The van der Waals surface area contributed by atoms with Gasteiger partial charge in [-0.1, -0.05) is 60.7 Å². The van der Waals surface area contributed by atoms with E-state index in [2.05, 4.69) is 69.8 Å². The van der Waals surface area contributed by atoms with Crippen molar-refractivity contribution in [1.29, 1.82) is 0 Å². The molecule has 1 atom stereocenters. The van der Waals surface area contributed by atoms with Crippen molar-refractivity contribution < 1.29 is 4.79 Å². The van der Waals surface area contributed by atoms with Crippen LogP contribution in [0.15, 0.2) is 85.2 Å². The van der Waals surface area contributed by atoms with Crippen LogP contribution in [0.25, 0.3) is 6.08 Å². The van der Waals surface area contributed by atoms with Crippen molar-refractivity contribution in [3.05, 3.63) is 107 Å². The van der Waals surface area contributed by atoms with Gasteiger partial charge >= 0.3 is 0 Å². The first-order valence-electron chi connectivity index (χ1n) is 11.5. The predicted molar refractivity (Wildman–Crippen MR) is 130 cm³/mol. The Balaban J connectivity index is 1.26. The van der Waals surface area contributed by atoms with Crippen LogP contribution >= 0.6 is 0 Å². The van der Waals surface area contributed by atoms with Crippen LogP contribution in [0.4, 0.5) is 0 Å². The number of fused-ring (bicyclic) bond motifs is 1.